The van der Waals surface area contributed by atoms with E-state index >= 15 is 0 Å². The van der Waals surface area contributed by atoms with Gasteiger partial charge in [0, 0.05) is 11.1 Å². The number of hydrogen-bond acceptors (Lipinski definition) is 5. The molecule has 0 saturated carbocycles. The van der Waals surface area contributed by atoms with Crippen LogP contribution in [0.4, 0.5) is 14.5 Å². The number of aliphatic carboxylic acids is 1. The molecule has 2 N–H and O–H groups in total. The van der Waals surface area contributed by atoms with Gasteiger partial charge >= 0.3 is 12.6 Å². The number of hydrogen-bond donors (Lipinski definition) is 2. The van der Waals surface area contributed by atoms with Crippen LogP contribution >= 0.6 is 0 Å². The first-order chi connectivity index (χ1) is 14.8. The van der Waals surface area contributed by atoms with Gasteiger partial charge in [0.25, 0.3) is 5.91 Å². The Morgan fingerprint density at radius 2 is 1.87 bits per heavy atom. The average molecular weight is 429 g/mol. The van der Waals surface area contributed by atoms with Crippen LogP contribution in [-0.2, 0) is 11.2 Å². The lowest BCUT2D eigenvalue weighted by Crippen LogP contribution is -2.27. The summed E-state index contributed by atoms with van der Waals surface area (Å²) in [4.78, 5) is 25.3. The molecule has 1 amide bonds. The summed E-state index contributed by atoms with van der Waals surface area (Å²) in [7, 11) is 1.42. The second-order valence-corrected chi connectivity index (χ2v) is 6.89. The van der Waals surface area contributed by atoms with Crippen LogP contribution in [0.15, 0.2) is 48.5 Å². The molecule has 1 aliphatic rings. The average Bonchev–Trinajstić information content (AvgIpc) is 2.98. The van der Waals surface area contributed by atoms with Crippen molar-refractivity contribution in [1.82, 2.24) is 0 Å². The van der Waals surface area contributed by atoms with Crippen molar-refractivity contribution in [2.45, 2.75) is 19.3 Å². The van der Waals surface area contributed by atoms with Gasteiger partial charge in [0.05, 0.1) is 24.7 Å². The third-order valence-electron chi connectivity index (χ3n) is 5.07. The highest BCUT2D eigenvalue weighted by Gasteiger charge is 2.42. The number of carbonyl (C=O) groups is 2. The van der Waals surface area contributed by atoms with Crippen molar-refractivity contribution in [1.29, 1.82) is 0 Å². The maximum Gasteiger partial charge on any atom is 0.387 e. The van der Waals surface area contributed by atoms with Crippen molar-refractivity contribution < 1.29 is 38.1 Å². The highest BCUT2D eigenvalue weighted by Crippen LogP contribution is 2.47. The molecule has 9 heteroatoms. The number of methoxy groups -OCH3 is 1. The van der Waals surface area contributed by atoms with E-state index in [1.807, 2.05) is 0 Å². The number of aliphatic hydroxyl groups excluding tert-OH is 1. The smallest absolute Gasteiger partial charge is 0.387 e. The number of halogens is 2. The Balaban J connectivity index is 1.88. The van der Waals surface area contributed by atoms with Crippen molar-refractivity contribution in [2.24, 2.45) is 0 Å². The molecule has 31 heavy (non-hydrogen) atoms. The summed E-state index contributed by atoms with van der Waals surface area (Å²) in [5.41, 5.74) is 0.697. The van der Waals surface area contributed by atoms with Gasteiger partial charge in [-0.15, -0.1) is 0 Å². The van der Waals surface area contributed by atoms with Crippen LogP contribution < -0.4 is 14.4 Å². The van der Waals surface area contributed by atoms with Crippen LogP contribution in [0.3, 0.4) is 0 Å². The molecule has 1 heterocycles. The summed E-state index contributed by atoms with van der Waals surface area (Å²) in [6.07, 6.45) is -1.79. The van der Waals surface area contributed by atoms with E-state index in [4.69, 9.17) is 9.84 Å². The highest BCUT2D eigenvalue weighted by atomic mass is 19.3. The van der Waals surface area contributed by atoms with Crippen molar-refractivity contribution in [2.75, 3.05) is 12.0 Å². The molecule has 0 radical (unpaired) electrons. The molecule has 3 aromatic carbocycles. The van der Waals surface area contributed by atoms with Crippen molar-refractivity contribution >= 4 is 28.3 Å². The minimum Gasteiger partial charge on any atom is -0.496 e. The van der Waals surface area contributed by atoms with Gasteiger partial charge in [-0.2, -0.15) is 8.78 Å². The molecule has 3 aromatic rings. The zero-order valence-electron chi connectivity index (χ0n) is 16.2. The van der Waals surface area contributed by atoms with Crippen molar-refractivity contribution in [3.63, 3.8) is 0 Å². The standard InChI is InChI=1S/C22H17F2NO6/c1-30-14-4-2-3-12-10-15(31-22(23)24)18-19(17(12)14)21(29)25(20(18)28)13-7-5-11(6-8-13)9-16(26)27/h2-8,10,20,22,28H,9H2,1H3,(H,26,27). The Bertz CT molecular complexity index is 1180. The topological polar surface area (TPSA) is 96.3 Å². The lowest BCUT2D eigenvalue weighted by molar-refractivity contribution is -0.136. The van der Waals surface area contributed by atoms with E-state index in [1.54, 1.807) is 18.2 Å². The lowest BCUT2D eigenvalue weighted by Gasteiger charge is -2.21. The molecule has 0 saturated heterocycles. The molecule has 1 aliphatic heterocycles. The van der Waals surface area contributed by atoms with Gasteiger partial charge in [-0.3, -0.25) is 14.5 Å². The molecular formula is C22H17F2NO6. The Morgan fingerprint density at radius 1 is 1.16 bits per heavy atom. The molecule has 0 aromatic heterocycles. The largest absolute Gasteiger partial charge is 0.496 e. The maximum absolute atomic E-state index is 13.4. The van der Waals surface area contributed by atoms with Crippen LogP contribution in [-0.4, -0.2) is 35.8 Å². The van der Waals surface area contributed by atoms with E-state index in [0.717, 1.165) is 4.90 Å². The molecule has 0 bridgehead atoms. The quantitative estimate of drug-likeness (QED) is 0.620. The molecule has 7 nitrogen and oxygen atoms in total. The number of ether oxygens (including phenoxy) is 2. The van der Waals surface area contributed by atoms with Crippen molar-refractivity contribution in [3.05, 3.63) is 65.2 Å². The second-order valence-electron chi connectivity index (χ2n) is 6.89. The van der Waals surface area contributed by atoms with Crippen molar-refractivity contribution in [3.8, 4) is 11.5 Å². The number of anilines is 1. The fourth-order valence-electron chi connectivity index (χ4n) is 3.82. The predicted octanol–water partition coefficient (Wildman–Crippen LogP) is 3.73. The van der Waals surface area contributed by atoms with E-state index in [2.05, 4.69) is 4.74 Å². The second kappa shape index (κ2) is 7.84. The van der Waals surface area contributed by atoms with Crippen LogP contribution in [0.2, 0.25) is 0 Å². The van der Waals surface area contributed by atoms with Gasteiger partial charge in [0.15, 0.2) is 6.23 Å². The van der Waals surface area contributed by atoms with Crippen LogP contribution in [0.5, 0.6) is 11.5 Å². The van der Waals surface area contributed by atoms with Gasteiger partial charge in [-0.25, -0.2) is 0 Å². The number of rotatable bonds is 6. The van der Waals surface area contributed by atoms with Gasteiger partial charge in [0.2, 0.25) is 0 Å². The number of nitrogens with zero attached hydrogens (tertiary/aromatic N) is 1. The normalized spacial score (nSPS) is 15.5. The number of aliphatic hydroxyl groups is 1. The van der Waals surface area contributed by atoms with Gasteiger partial charge < -0.3 is 19.7 Å². The molecule has 0 spiro atoms. The van der Waals surface area contributed by atoms with Crippen LogP contribution in [0.1, 0.15) is 27.7 Å². The van der Waals surface area contributed by atoms with E-state index in [0.29, 0.717) is 22.1 Å². The summed E-state index contributed by atoms with van der Waals surface area (Å²) in [6, 6.07) is 12.2. The summed E-state index contributed by atoms with van der Waals surface area (Å²) in [5.74, 6) is -1.60. The molecule has 0 aliphatic carbocycles. The number of carbonyl (C=O) groups excluding carboxylic acids is 1. The number of fused-ring (bicyclic) bond motifs is 3. The van der Waals surface area contributed by atoms with Crippen LogP contribution in [0, 0.1) is 0 Å². The van der Waals surface area contributed by atoms with Gasteiger partial charge in [0.1, 0.15) is 11.5 Å². The fourth-order valence-corrected chi connectivity index (χ4v) is 3.82. The third-order valence-corrected chi connectivity index (χ3v) is 5.07. The fraction of sp³-hybridized carbons (Fsp3) is 0.182. The van der Waals surface area contributed by atoms with E-state index in [1.165, 1.54) is 37.4 Å². The van der Waals surface area contributed by atoms with E-state index in [9.17, 15) is 23.5 Å². The lowest BCUT2D eigenvalue weighted by atomic mass is 9.98. The Morgan fingerprint density at radius 3 is 2.48 bits per heavy atom. The monoisotopic (exact) mass is 429 g/mol. The first-order valence-electron chi connectivity index (χ1n) is 9.22. The Labute approximate surface area is 175 Å². The zero-order valence-corrected chi connectivity index (χ0v) is 16.2. The predicted molar refractivity (Wildman–Crippen MR) is 107 cm³/mol. The molecule has 1 atom stereocenters. The SMILES string of the molecule is COc1cccc2cc(OC(F)F)c3c(c12)C(=O)N(c1ccc(CC(=O)O)cc1)C3O. The molecule has 0 fully saturated rings. The summed E-state index contributed by atoms with van der Waals surface area (Å²) in [5, 5.41) is 20.7. The van der Waals surface area contributed by atoms with Crippen LogP contribution in [0.25, 0.3) is 10.8 Å². The first kappa shape index (κ1) is 20.5. The maximum atomic E-state index is 13.4. The number of carboxylic acids is 1. The molecule has 4 rings (SSSR count). The summed E-state index contributed by atoms with van der Waals surface area (Å²) in [6.45, 7) is -3.15. The number of amides is 1. The molecule has 160 valence electrons. The molecule has 1 unspecified atom stereocenters. The van der Waals surface area contributed by atoms with E-state index in [-0.39, 0.29) is 29.0 Å². The minimum atomic E-state index is -3.15. The highest BCUT2D eigenvalue weighted by molar-refractivity contribution is 6.20. The Kier molecular flexibility index (Phi) is 5.20. The summed E-state index contributed by atoms with van der Waals surface area (Å²) >= 11 is 0. The number of alkyl halides is 2. The van der Waals surface area contributed by atoms with E-state index < -0.39 is 24.7 Å². The molecular weight excluding hydrogens is 412 g/mol. The minimum absolute atomic E-state index is 0.00714. The Hall–Kier alpha value is -3.72. The first-order valence-corrected chi connectivity index (χ1v) is 9.22. The number of carboxylic acid groups (broad SMARTS) is 1. The number of benzene rings is 3. The zero-order chi connectivity index (χ0) is 22.3. The van der Waals surface area contributed by atoms with Gasteiger partial charge in [-0.05, 0) is 35.2 Å². The summed E-state index contributed by atoms with van der Waals surface area (Å²) < 4.78 is 36.1. The third kappa shape index (κ3) is 3.53. The van der Waals surface area contributed by atoms with Gasteiger partial charge in [-0.1, -0.05) is 24.3 Å².